The molecule has 0 spiro atoms. The molecule has 17 heteroatoms. The molecule has 0 fully saturated rings. The number of carbonyl (C=O) groups is 4. The first kappa shape index (κ1) is 36.1. The summed E-state index contributed by atoms with van der Waals surface area (Å²) < 4.78 is 21.4. The normalized spacial score (nSPS) is 12.3. The van der Waals surface area contributed by atoms with Gasteiger partial charge in [-0.15, -0.1) is 0 Å². The van der Waals surface area contributed by atoms with E-state index in [0.29, 0.717) is 17.9 Å². The number of hydrogen-bond acceptors (Lipinski definition) is 10. The maximum atomic E-state index is 11.6. The number of rotatable bonds is 21. The molecule has 6 N–H and O–H groups in total. The second kappa shape index (κ2) is 17.3. The third-order valence-corrected chi connectivity index (χ3v) is 6.72. The maximum absolute atomic E-state index is 11.6. The number of carboxylic acid groups (broad SMARTS) is 4. The van der Waals surface area contributed by atoms with E-state index in [-0.39, 0.29) is 38.5 Å². The van der Waals surface area contributed by atoms with Crippen LogP contribution in [0.4, 0.5) is 0 Å². The highest BCUT2D eigenvalue weighted by atomic mass is 31.2. The van der Waals surface area contributed by atoms with Crippen molar-refractivity contribution < 1.29 is 63.2 Å². The second-order valence-corrected chi connectivity index (χ2v) is 10.8. The Morgan fingerprint density at radius 3 is 1.57 bits per heavy atom. The van der Waals surface area contributed by atoms with Gasteiger partial charge in [0, 0.05) is 19.6 Å². The molecule has 2 aromatic rings. The van der Waals surface area contributed by atoms with Crippen molar-refractivity contribution in [3.8, 4) is 22.6 Å². The van der Waals surface area contributed by atoms with Crippen LogP contribution >= 0.6 is 7.82 Å². The predicted molar refractivity (Wildman–Crippen MR) is 155 cm³/mol. The lowest BCUT2D eigenvalue weighted by Gasteiger charge is -2.34. The van der Waals surface area contributed by atoms with Crippen LogP contribution in [0.15, 0.2) is 48.5 Å². The van der Waals surface area contributed by atoms with E-state index >= 15 is 0 Å². The van der Waals surface area contributed by atoms with Gasteiger partial charge in [-0.25, -0.2) is 4.57 Å². The van der Waals surface area contributed by atoms with Crippen molar-refractivity contribution >= 4 is 31.7 Å². The Hall–Kier alpha value is -4.05. The fourth-order valence-corrected chi connectivity index (χ4v) is 4.66. The Morgan fingerprint density at radius 2 is 1.14 bits per heavy atom. The van der Waals surface area contributed by atoms with Crippen LogP contribution in [0.3, 0.4) is 0 Å². The molecule has 0 bridgehead atoms. The zero-order valence-electron chi connectivity index (χ0n) is 23.9. The quantitative estimate of drug-likeness (QED) is 0.104. The summed E-state index contributed by atoms with van der Waals surface area (Å²) >= 11 is 0. The van der Waals surface area contributed by atoms with Crippen LogP contribution in [0.2, 0.25) is 0 Å². The Kier molecular flexibility index (Phi) is 14.2. The zero-order chi connectivity index (χ0) is 32.9. The summed E-state index contributed by atoms with van der Waals surface area (Å²) in [6, 6.07) is 11.7. The third kappa shape index (κ3) is 13.9. The van der Waals surface area contributed by atoms with Crippen LogP contribution < -0.4 is 9.26 Å². The highest BCUT2D eigenvalue weighted by Gasteiger charge is 2.27. The van der Waals surface area contributed by atoms with E-state index in [9.17, 15) is 39.1 Å². The number of benzene rings is 2. The number of phosphoric ester groups is 1. The van der Waals surface area contributed by atoms with Crippen molar-refractivity contribution in [2.45, 2.75) is 13.0 Å². The van der Waals surface area contributed by atoms with Gasteiger partial charge in [-0.05, 0) is 41.9 Å². The molecular weight excluding hydrogens is 605 g/mol. The average molecular weight is 642 g/mol. The summed E-state index contributed by atoms with van der Waals surface area (Å²) in [4.78, 5) is 67.9. The number of nitrogens with zero attached hydrogens (tertiary/aromatic N) is 3. The molecule has 0 amide bonds. The Bertz CT molecular complexity index is 1290. The number of phosphoric acid groups is 1. The Labute approximate surface area is 252 Å². The van der Waals surface area contributed by atoms with Gasteiger partial charge in [0.25, 0.3) is 0 Å². The summed E-state index contributed by atoms with van der Waals surface area (Å²) in [5, 5.41) is 37.4. The minimum atomic E-state index is -4.69. The Morgan fingerprint density at radius 1 is 0.705 bits per heavy atom. The number of aliphatic carboxylic acids is 4. The van der Waals surface area contributed by atoms with Crippen molar-refractivity contribution in [2.24, 2.45) is 0 Å². The lowest BCUT2D eigenvalue weighted by atomic mass is 10.1. The van der Waals surface area contributed by atoms with E-state index in [4.69, 9.17) is 19.6 Å². The number of ether oxygens (including phenoxy) is 1. The smallest absolute Gasteiger partial charge is 0.492 e. The van der Waals surface area contributed by atoms with Gasteiger partial charge in [0.15, 0.2) is 0 Å². The topological polar surface area (TPSA) is 235 Å². The fraction of sp³-hybridized carbons (Fsp3) is 0.407. The highest BCUT2D eigenvalue weighted by Crippen LogP contribution is 2.38. The van der Waals surface area contributed by atoms with Crippen LogP contribution in [0.1, 0.15) is 6.92 Å². The van der Waals surface area contributed by atoms with E-state index in [1.807, 2.05) is 0 Å². The monoisotopic (exact) mass is 641 g/mol. The van der Waals surface area contributed by atoms with Gasteiger partial charge in [-0.1, -0.05) is 31.2 Å². The largest absolute Gasteiger partial charge is 0.524 e. The van der Waals surface area contributed by atoms with E-state index in [1.165, 1.54) is 17.0 Å². The molecule has 2 rings (SSSR count). The summed E-state index contributed by atoms with van der Waals surface area (Å²) in [6.07, 6.45) is 0. The molecule has 0 aromatic heterocycles. The fourth-order valence-electron chi connectivity index (χ4n) is 4.26. The summed E-state index contributed by atoms with van der Waals surface area (Å²) in [5.74, 6) is -4.46. The van der Waals surface area contributed by atoms with Crippen molar-refractivity contribution in [1.29, 1.82) is 0 Å². The SMILES string of the molecule is CCN(CCN(CC(=O)O)CC(COc1ccc(-c2ccc(OP(=O)(O)O)cc2)cc1)N(CC(=O)O)CC(=O)O)CC(=O)O. The minimum absolute atomic E-state index is 0.0124. The molecule has 0 aliphatic heterocycles. The first-order chi connectivity index (χ1) is 20.6. The van der Waals surface area contributed by atoms with Gasteiger partial charge in [0.2, 0.25) is 0 Å². The third-order valence-electron chi connectivity index (χ3n) is 6.27. The molecule has 0 radical (unpaired) electrons. The van der Waals surface area contributed by atoms with E-state index in [0.717, 1.165) is 10.5 Å². The maximum Gasteiger partial charge on any atom is 0.524 e. The molecule has 16 nitrogen and oxygen atoms in total. The lowest BCUT2D eigenvalue weighted by molar-refractivity contribution is -0.144. The molecule has 1 unspecified atom stereocenters. The molecule has 0 saturated carbocycles. The summed E-state index contributed by atoms with van der Waals surface area (Å²) in [7, 11) is -4.69. The van der Waals surface area contributed by atoms with Gasteiger partial charge < -0.3 is 29.7 Å². The molecule has 2 aromatic carbocycles. The number of likely N-dealkylation sites (N-methyl/N-ethyl adjacent to an activating group) is 1. The molecule has 0 aliphatic rings. The van der Waals surface area contributed by atoms with Gasteiger partial charge in [0.1, 0.15) is 18.1 Å². The average Bonchev–Trinajstić information content (AvgIpc) is 2.91. The van der Waals surface area contributed by atoms with Crippen LogP contribution in [0, 0.1) is 0 Å². The Balaban J connectivity index is 2.22. The molecule has 1 atom stereocenters. The zero-order valence-corrected chi connectivity index (χ0v) is 24.8. The highest BCUT2D eigenvalue weighted by molar-refractivity contribution is 7.46. The molecule has 0 heterocycles. The van der Waals surface area contributed by atoms with Crippen molar-refractivity contribution in [3.63, 3.8) is 0 Å². The van der Waals surface area contributed by atoms with E-state index in [2.05, 4.69) is 4.52 Å². The molecule has 44 heavy (non-hydrogen) atoms. The summed E-state index contributed by atoms with van der Waals surface area (Å²) in [6.45, 7) is 0.172. The standard InChI is InChI=1S/C27H36N3O13P/c1-2-28(14-24(31)32)11-12-29(15-25(33)34)13-21(30(16-26(35)36)17-27(37)38)18-42-22-7-3-19(4-8-22)20-5-9-23(10-6-20)43-44(39,40)41/h3-10,21H,2,11-18H2,1H3,(H,31,32)(H,33,34)(H,35,36)(H,37,38)(H2,39,40,41). The van der Waals surface area contributed by atoms with Crippen molar-refractivity contribution in [3.05, 3.63) is 48.5 Å². The van der Waals surface area contributed by atoms with E-state index in [1.54, 1.807) is 48.2 Å². The van der Waals surface area contributed by atoms with Gasteiger partial charge >= 0.3 is 31.7 Å². The minimum Gasteiger partial charge on any atom is -0.492 e. The number of carboxylic acids is 4. The van der Waals surface area contributed by atoms with E-state index < -0.39 is 57.4 Å². The first-order valence-corrected chi connectivity index (χ1v) is 14.8. The van der Waals surface area contributed by atoms with Crippen LogP contribution in [0.5, 0.6) is 11.5 Å². The van der Waals surface area contributed by atoms with Crippen molar-refractivity contribution in [2.75, 3.05) is 59.0 Å². The van der Waals surface area contributed by atoms with Gasteiger partial charge in [-0.3, -0.25) is 43.7 Å². The lowest BCUT2D eigenvalue weighted by Crippen LogP contribution is -2.52. The molecule has 0 saturated heterocycles. The van der Waals surface area contributed by atoms with Gasteiger partial charge in [-0.2, -0.15) is 0 Å². The molecular formula is C27H36N3O13P. The molecule has 242 valence electrons. The van der Waals surface area contributed by atoms with Crippen LogP contribution in [-0.4, -0.2) is 134 Å². The number of hydrogen-bond donors (Lipinski definition) is 6. The van der Waals surface area contributed by atoms with Crippen LogP contribution in [0.25, 0.3) is 11.1 Å². The first-order valence-electron chi connectivity index (χ1n) is 13.3. The predicted octanol–water partition coefficient (Wildman–Crippen LogP) is 0.837. The second-order valence-electron chi connectivity index (χ2n) is 9.68. The van der Waals surface area contributed by atoms with Gasteiger partial charge in [0.05, 0.1) is 32.2 Å². The van der Waals surface area contributed by atoms with Crippen LogP contribution in [-0.2, 0) is 23.7 Å². The van der Waals surface area contributed by atoms with Crippen molar-refractivity contribution in [1.82, 2.24) is 14.7 Å². The summed E-state index contributed by atoms with van der Waals surface area (Å²) in [5.41, 5.74) is 1.43. The molecule has 0 aliphatic carbocycles.